The standard InChI is InChI=1S/C14H19FO/c1-10-8-13(15)7-6-11(10)9-12-4-2-3-5-14(12)16/h6-8,12,14,16H,2-5,9H2,1H3. The Bertz CT molecular complexity index is 362. The third-order valence-corrected chi connectivity index (χ3v) is 3.66. The van der Waals surface area contributed by atoms with Gasteiger partial charge in [-0.1, -0.05) is 18.9 Å². The van der Waals surface area contributed by atoms with E-state index in [2.05, 4.69) is 0 Å². The van der Waals surface area contributed by atoms with Gasteiger partial charge < -0.3 is 5.11 Å². The average molecular weight is 222 g/mol. The minimum atomic E-state index is -0.176. The fourth-order valence-electron chi connectivity index (χ4n) is 2.60. The number of aliphatic hydroxyl groups is 1. The van der Waals surface area contributed by atoms with E-state index in [9.17, 15) is 9.50 Å². The van der Waals surface area contributed by atoms with E-state index in [1.807, 2.05) is 13.0 Å². The van der Waals surface area contributed by atoms with E-state index in [0.29, 0.717) is 5.92 Å². The lowest BCUT2D eigenvalue weighted by Crippen LogP contribution is -2.26. The topological polar surface area (TPSA) is 20.2 Å². The summed E-state index contributed by atoms with van der Waals surface area (Å²) in [7, 11) is 0. The molecule has 2 atom stereocenters. The second-order valence-corrected chi connectivity index (χ2v) is 4.89. The minimum absolute atomic E-state index is 0.168. The summed E-state index contributed by atoms with van der Waals surface area (Å²) >= 11 is 0. The summed E-state index contributed by atoms with van der Waals surface area (Å²) in [5, 5.41) is 9.90. The largest absolute Gasteiger partial charge is 0.393 e. The maximum Gasteiger partial charge on any atom is 0.123 e. The summed E-state index contributed by atoms with van der Waals surface area (Å²) in [6.07, 6.45) is 5.08. The molecular weight excluding hydrogens is 203 g/mol. The number of aliphatic hydroxyl groups excluding tert-OH is 1. The van der Waals surface area contributed by atoms with Gasteiger partial charge in [0, 0.05) is 0 Å². The van der Waals surface area contributed by atoms with Crippen LogP contribution in [0.15, 0.2) is 18.2 Å². The minimum Gasteiger partial charge on any atom is -0.393 e. The van der Waals surface area contributed by atoms with Crippen molar-refractivity contribution in [3.63, 3.8) is 0 Å². The molecule has 16 heavy (non-hydrogen) atoms. The van der Waals surface area contributed by atoms with E-state index in [1.54, 1.807) is 6.07 Å². The summed E-state index contributed by atoms with van der Waals surface area (Å²) < 4.78 is 13.0. The van der Waals surface area contributed by atoms with Gasteiger partial charge in [-0.15, -0.1) is 0 Å². The zero-order chi connectivity index (χ0) is 11.5. The molecule has 1 aliphatic rings. The lowest BCUT2D eigenvalue weighted by atomic mass is 9.82. The van der Waals surface area contributed by atoms with Gasteiger partial charge in [-0.25, -0.2) is 4.39 Å². The highest BCUT2D eigenvalue weighted by Gasteiger charge is 2.23. The lowest BCUT2D eigenvalue weighted by molar-refractivity contribution is 0.0699. The predicted octanol–water partition coefficient (Wildman–Crippen LogP) is 3.23. The van der Waals surface area contributed by atoms with Crippen LogP contribution in [0, 0.1) is 18.7 Å². The van der Waals surface area contributed by atoms with Crippen molar-refractivity contribution in [2.45, 2.75) is 45.1 Å². The van der Waals surface area contributed by atoms with Crippen molar-refractivity contribution in [3.05, 3.63) is 35.1 Å². The van der Waals surface area contributed by atoms with Gasteiger partial charge >= 0.3 is 0 Å². The molecule has 2 unspecified atom stereocenters. The first-order valence-corrected chi connectivity index (χ1v) is 6.10. The van der Waals surface area contributed by atoms with Gasteiger partial charge in [0.2, 0.25) is 0 Å². The quantitative estimate of drug-likeness (QED) is 0.814. The van der Waals surface area contributed by atoms with Crippen molar-refractivity contribution >= 4 is 0 Å². The first-order chi connectivity index (χ1) is 7.66. The summed E-state index contributed by atoms with van der Waals surface area (Å²) in [4.78, 5) is 0. The molecule has 88 valence electrons. The molecule has 0 aromatic heterocycles. The summed E-state index contributed by atoms with van der Waals surface area (Å²) in [5.41, 5.74) is 2.17. The van der Waals surface area contributed by atoms with E-state index in [-0.39, 0.29) is 11.9 Å². The summed E-state index contributed by atoms with van der Waals surface area (Å²) in [6, 6.07) is 4.94. The van der Waals surface area contributed by atoms with Crippen LogP contribution in [0.2, 0.25) is 0 Å². The highest BCUT2D eigenvalue weighted by Crippen LogP contribution is 2.28. The third-order valence-electron chi connectivity index (χ3n) is 3.66. The van der Waals surface area contributed by atoms with Gasteiger partial charge in [0.1, 0.15) is 5.82 Å². The highest BCUT2D eigenvalue weighted by atomic mass is 19.1. The molecule has 1 saturated carbocycles. The molecule has 1 fully saturated rings. The summed E-state index contributed by atoms with van der Waals surface area (Å²) in [6.45, 7) is 1.94. The smallest absolute Gasteiger partial charge is 0.123 e. The average Bonchev–Trinajstić information content (AvgIpc) is 2.25. The number of benzene rings is 1. The molecule has 1 N–H and O–H groups in total. The summed E-state index contributed by atoms with van der Waals surface area (Å²) in [5.74, 6) is 0.184. The van der Waals surface area contributed by atoms with Crippen molar-refractivity contribution in [2.75, 3.05) is 0 Å². The molecule has 2 rings (SSSR count). The van der Waals surface area contributed by atoms with Crippen molar-refractivity contribution in [2.24, 2.45) is 5.92 Å². The second kappa shape index (κ2) is 4.96. The monoisotopic (exact) mass is 222 g/mol. The van der Waals surface area contributed by atoms with Gasteiger partial charge in [0.15, 0.2) is 0 Å². The van der Waals surface area contributed by atoms with Crippen LogP contribution in [-0.2, 0) is 6.42 Å². The maximum atomic E-state index is 13.0. The van der Waals surface area contributed by atoms with E-state index < -0.39 is 0 Å². The zero-order valence-corrected chi connectivity index (χ0v) is 9.75. The Hall–Kier alpha value is -0.890. The molecule has 0 saturated heterocycles. The molecule has 1 nitrogen and oxygen atoms in total. The molecule has 0 amide bonds. The number of halogens is 1. The normalized spacial score (nSPS) is 25.7. The van der Waals surface area contributed by atoms with E-state index >= 15 is 0 Å². The maximum absolute atomic E-state index is 13.0. The Labute approximate surface area is 96.3 Å². The van der Waals surface area contributed by atoms with E-state index in [0.717, 1.165) is 31.2 Å². The second-order valence-electron chi connectivity index (χ2n) is 4.89. The Morgan fingerprint density at radius 3 is 2.75 bits per heavy atom. The van der Waals surface area contributed by atoms with E-state index in [4.69, 9.17) is 0 Å². The molecule has 0 radical (unpaired) electrons. The molecule has 1 aromatic carbocycles. The fourth-order valence-corrected chi connectivity index (χ4v) is 2.60. The van der Waals surface area contributed by atoms with Crippen molar-refractivity contribution in [1.29, 1.82) is 0 Å². The highest BCUT2D eigenvalue weighted by molar-refractivity contribution is 5.27. The molecule has 0 heterocycles. The molecule has 1 aromatic rings. The number of hydrogen-bond acceptors (Lipinski definition) is 1. The molecular formula is C14H19FO. The predicted molar refractivity (Wildman–Crippen MR) is 62.8 cm³/mol. The number of aryl methyl sites for hydroxylation is 1. The number of hydrogen-bond donors (Lipinski definition) is 1. The molecule has 1 aliphatic carbocycles. The number of rotatable bonds is 2. The fraction of sp³-hybridized carbons (Fsp3) is 0.571. The van der Waals surface area contributed by atoms with Gasteiger partial charge in [-0.05, 0) is 55.4 Å². The Morgan fingerprint density at radius 1 is 1.31 bits per heavy atom. The van der Waals surface area contributed by atoms with Crippen molar-refractivity contribution in [1.82, 2.24) is 0 Å². The van der Waals surface area contributed by atoms with Crippen LogP contribution in [0.4, 0.5) is 4.39 Å². The zero-order valence-electron chi connectivity index (χ0n) is 9.75. The van der Waals surface area contributed by atoms with Crippen LogP contribution in [0.1, 0.15) is 36.8 Å². The third kappa shape index (κ3) is 2.62. The van der Waals surface area contributed by atoms with E-state index in [1.165, 1.54) is 18.1 Å². The molecule has 0 aliphatic heterocycles. The first kappa shape index (κ1) is 11.6. The van der Waals surface area contributed by atoms with Crippen molar-refractivity contribution < 1.29 is 9.50 Å². The SMILES string of the molecule is Cc1cc(F)ccc1CC1CCCCC1O. The molecule has 0 spiro atoms. The molecule has 0 bridgehead atoms. The Balaban J connectivity index is 2.07. The van der Waals surface area contributed by atoms with Crippen LogP contribution >= 0.6 is 0 Å². The Kier molecular flexibility index (Phi) is 3.59. The van der Waals surface area contributed by atoms with Crippen LogP contribution < -0.4 is 0 Å². The molecule has 2 heteroatoms. The van der Waals surface area contributed by atoms with Crippen LogP contribution in [-0.4, -0.2) is 11.2 Å². The van der Waals surface area contributed by atoms with Gasteiger partial charge in [-0.3, -0.25) is 0 Å². The van der Waals surface area contributed by atoms with Crippen LogP contribution in [0.25, 0.3) is 0 Å². The lowest BCUT2D eigenvalue weighted by Gasteiger charge is -2.28. The Morgan fingerprint density at radius 2 is 2.06 bits per heavy atom. The van der Waals surface area contributed by atoms with Gasteiger partial charge in [0.05, 0.1) is 6.10 Å². The van der Waals surface area contributed by atoms with Gasteiger partial charge in [-0.2, -0.15) is 0 Å². The van der Waals surface area contributed by atoms with Gasteiger partial charge in [0.25, 0.3) is 0 Å². The van der Waals surface area contributed by atoms with Crippen LogP contribution in [0.3, 0.4) is 0 Å². The van der Waals surface area contributed by atoms with Crippen LogP contribution in [0.5, 0.6) is 0 Å². The first-order valence-electron chi connectivity index (χ1n) is 6.10. The van der Waals surface area contributed by atoms with Crippen molar-refractivity contribution in [3.8, 4) is 0 Å².